The Morgan fingerprint density at radius 2 is 1.96 bits per heavy atom. The Kier molecular flexibility index (Phi) is 4.75. The molecule has 1 aliphatic heterocycles. The van der Waals surface area contributed by atoms with Crippen LogP contribution in [0.5, 0.6) is 5.75 Å². The Morgan fingerprint density at radius 1 is 1.19 bits per heavy atom. The van der Waals surface area contributed by atoms with Crippen molar-refractivity contribution in [1.82, 2.24) is 15.2 Å². The van der Waals surface area contributed by atoms with E-state index in [0.29, 0.717) is 5.92 Å². The summed E-state index contributed by atoms with van der Waals surface area (Å²) in [6.07, 6.45) is 4.06. The molecule has 5 nitrogen and oxygen atoms in total. The molecule has 2 heterocycles. The number of para-hydroxylation sites is 1. The molecule has 2 aromatic carbocycles. The van der Waals surface area contributed by atoms with Crippen LogP contribution in [0.25, 0.3) is 10.9 Å². The number of hydrogen-bond donors (Lipinski definition) is 3. The summed E-state index contributed by atoms with van der Waals surface area (Å²) in [7, 11) is 0. The number of aromatic hydroxyl groups is 1. The molecule has 5 heteroatoms. The number of rotatable bonds is 3. The van der Waals surface area contributed by atoms with Crippen molar-refractivity contribution in [3.8, 4) is 5.75 Å². The van der Waals surface area contributed by atoms with E-state index >= 15 is 0 Å². The Bertz CT molecular complexity index is 941. The van der Waals surface area contributed by atoms with Crippen molar-refractivity contribution in [3.05, 3.63) is 65.9 Å². The number of hydrogen-bond acceptors (Lipinski definition) is 2. The fraction of sp³-hybridized carbons (Fsp3) is 0.318. The van der Waals surface area contributed by atoms with Crippen molar-refractivity contribution in [3.63, 3.8) is 0 Å². The second kappa shape index (κ2) is 7.35. The molecule has 27 heavy (non-hydrogen) atoms. The summed E-state index contributed by atoms with van der Waals surface area (Å²) in [5, 5.41) is 13.9. The van der Waals surface area contributed by atoms with Crippen molar-refractivity contribution in [2.24, 2.45) is 0 Å². The lowest BCUT2D eigenvalue weighted by Gasteiger charge is -2.33. The maximum atomic E-state index is 12.6. The van der Waals surface area contributed by atoms with Gasteiger partial charge in [-0.3, -0.25) is 0 Å². The van der Waals surface area contributed by atoms with Crippen molar-refractivity contribution < 1.29 is 9.90 Å². The highest BCUT2D eigenvalue weighted by molar-refractivity contribution is 5.83. The van der Waals surface area contributed by atoms with Crippen LogP contribution in [0, 0.1) is 0 Å². The zero-order valence-electron chi connectivity index (χ0n) is 15.5. The highest BCUT2D eigenvalue weighted by Gasteiger charge is 2.26. The number of carbonyl (C=O) groups excluding carboxylic acids is 1. The van der Waals surface area contributed by atoms with E-state index in [2.05, 4.69) is 34.7 Å². The molecule has 0 aliphatic carbocycles. The van der Waals surface area contributed by atoms with Gasteiger partial charge in [0.2, 0.25) is 0 Å². The van der Waals surface area contributed by atoms with Gasteiger partial charge in [-0.1, -0.05) is 30.3 Å². The number of aromatic nitrogens is 1. The summed E-state index contributed by atoms with van der Waals surface area (Å²) in [5.74, 6) is 0.696. The van der Waals surface area contributed by atoms with Gasteiger partial charge in [0.05, 0.1) is 6.04 Å². The molecular weight excluding hydrogens is 338 g/mol. The third-order valence-corrected chi connectivity index (χ3v) is 5.55. The van der Waals surface area contributed by atoms with E-state index in [1.54, 1.807) is 18.2 Å². The number of nitrogens with one attached hydrogen (secondary N) is 2. The van der Waals surface area contributed by atoms with Crippen LogP contribution in [0.3, 0.4) is 0 Å². The first-order valence-corrected chi connectivity index (χ1v) is 9.52. The summed E-state index contributed by atoms with van der Waals surface area (Å²) in [4.78, 5) is 17.9. The molecule has 2 amide bonds. The van der Waals surface area contributed by atoms with Gasteiger partial charge in [-0.05, 0) is 55.0 Å². The Labute approximate surface area is 159 Å². The van der Waals surface area contributed by atoms with Crippen LogP contribution >= 0.6 is 0 Å². The first-order valence-electron chi connectivity index (χ1n) is 9.52. The number of nitrogens with zero attached hydrogens (tertiary/aromatic N) is 1. The van der Waals surface area contributed by atoms with Crippen LogP contribution in [0.1, 0.15) is 42.9 Å². The maximum Gasteiger partial charge on any atom is 0.317 e. The van der Waals surface area contributed by atoms with Gasteiger partial charge in [0.15, 0.2) is 0 Å². The van der Waals surface area contributed by atoms with Gasteiger partial charge in [0.1, 0.15) is 5.75 Å². The number of aromatic amines is 1. The van der Waals surface area contributed by atoms with Crippen LogP contribution in [-0.4, -0.2) is 34.1 Å². The quantitative estimate of drug-likeness (QED) is 0.640. The zero-order valence-corrected chi connectivity index (χ0v) is 15.5. The number of benzene rings is 2. The number of fused-ring (bicyclic) bond motifs is 1. The molecule has 1 aromatic heterocycles. The molecule has 0 unspecified atom stereocenters. The predicted molar refractivity (Wildman–Crippen MR) is 107 cm³/mol. The monoisotopic (exact) mass is 363 g/mol. The van der Waals surface area contributed by atoms with E-state index in [0.717, 1.165) is 31.5 Å². The van der Waals surface area contributed by atoms with Crippen molar-refractivity contribution >= 4 is 16.9 Å². The Hall–Kier alpha value is -2.95. The van der Waals surface area contributed by atoms with Crippen molar-refractivity contribution in [2.75, 3.05) is 13.1 Å². The Morgan fingerprint density at radius 3 is 2.74 bits per heavy atom. The molecule has 1 atom stereocenters. The normalized spacial score (nSPS) is 16.4. The predicted octanol–water partition coefficient (Wildman–Crippen LogP) is 4.52. The van der Waals surface area contributed by atoms with E-state index in [9.17, 15) is 9.90 Å². The summed E-state index contributed by atoms with van der Waals surface area (Å²) in [6, 6.07) is 15.2. The van der Waals surface area contributed by atoms with Crippen LogP contribution in [-0.2, 0) is 0 Å². The van der Waals surface area contributed by atoms with Crippen LogP contribution in [0.2, 0.25) is 0 Å². The van der Waals surface area contributed by atoms with Crippen LogP contribution in [0.15, 0.2) is 54.7 Å². The molecule has 3 aromatic rings. The molecule has 3 N–H and O–H groups in total. The second-order valence-electron chi connectivity index (χ2n) is 7.32. The fourth-order valence-electron chi connectivity index (χ4n) is 3.98. The minimum absolute atomic E-state index is 0.0387. The number of phenolic OH excluding ortho intramolecular Hbond substituents is 1. The number of H-pyrrole nitrogens is 1. The molecule has 140 valence electrons. The average molecular weight is 363 g/mol. The van der Waals surface area contributed by atoms with Crippen molar-refractivity contribution in [1.29, 1.82) is 0 Å². The number of likely N-dealkylation sites (tertiary alicyclic amines) is 1. The first-order chi connectivity index (χ1) is 13.1. The van der Waals surface area contributed by atoms with E-state index in [1.807, 2.05) is 24.0 Å². The second-order valence-corrected chi connectivity index (χ2v) is 7.32. The van der Waals surface area contributed by atoms with Gasteiger partial charge in [-0.15, -0.1) is 0 Å². The zero-order chi connectivity index (χ0) is 18.8. The van der Waals surface area contributed by atoms with Gasteiger partial charge in [-0.25, -0.2) is 4.79 Å². The van der Waals surface area contributed by atoms with E-state index in [1.165, 1.54) is 16.5 Å². The Balaban J connectivity index is 1.36. The minimum atomic E-state index is -0.143. The van der Waals surface area contributed by atoms with Crippen LogP contribution < -0.4 is 5.32 Å². The molecule has 4 rings (SSSR count). The molecule has 0 spiro atoms. The third-order valence-electron chi connectivity index (χ3n) is 5.55. The molecule has 1 aliphatic rings. The molecule has 1 fully saturated rings. The SMILES string of the molecule is C[C@@H](NC(=O)N1CCC(c2c[nH]c3ccccc23)CC1)c1cccc(O)c1. The lowest BCUT2D eigenvalue weighted by molar-refractivity contribution is 0.178. The van der Waals surface area contributed by atoms with Crippen molar-refractivity contribution in [2.45, 2.75) is 31.7 Å². The fourth-order valence-corrected chi connectivity index (χ4v) is 3.98. The summed E-state index contributed by atoms with van der Waals surface area (Å²) < 4.78 is 0. The van der Waals surface area contributed by atoms with Gasteiger partial charge in [0.25, 0.3) is 0 Å². The highest BCUT2D eigenvalue weighted by Crippen LogP contribution is 2.33. The lowest BCUT2D eigenvalue weighted by Crippen LogP contribution is -2.44. The van der Waals surface area contributed by atoms with Gasteiger partial charge < -0.3 is 20.3 Å². The first kappa shape index (κ1) is 17.5. The van der Waals surface area contributed by atoms with E-state index in [4.69, 9.17) is 0 Å². The average Bonchev–Trinajstić information content (AvgIpc) is 3.12. The molecule has 0 saturated carbocycles. The topological polar surface area (TPSA) is 68.4 Å². The maximum absolute atomic E-state index is 12.6. The van der Waals surface area contributed by atoms with Gasteiger partial charge in [0, 0.05) is 30.2 Å². The van der Waals surface area contributed by atoms with E-state index in [-0.39, 0.29) is 17.8 Å². The highest BCUT2D eigenvalue weighted by atomic mass is 16.3. The smallest absolute Gasteiger partial charge is 0.317 e. The van der Waals surface area contributed by atoms with E-state index < -0.39 is 0 Å². The molecule has 0 radical (unpaired) electrons. The number of carbonyl (C=O) groups is 1. The largest absolute Gasteiger partial charge is 0.508 e. The van der Waals surface area contributed by atoms with Crippen LogP contribution in [0.4, 0.5) is 4.79 Å². The van der Waals surface area contributed by atoms with Gasteiger partial charge in [-0.2, -0.15) is 0 Å². The molecular formula is C22H25N3O2. The third kappa shape index (κ3) is 3.63. The summed E-state index contributed by atoms with van der Waals surface area (Å²) in [5.41, 5.74) is 3.43. The summed E-state index contributed by atoms with van der Waals surface area (Å²) in [6.45, 7) is 3.44. The van der Waals surface area contributed by atoms with Gasteiger partial charge >= 0.3 is 6.03 Å². The standard InChI is InChI=1S/C22H25N3O2/c1-15(17-5-4-6-18(26)13-17)24-22(27)25-11-9-16(10-12-25)20-14-23-21-8-3-2-7-19(20)21/h2-8,13-16,23,26H,9-12H2,1H3,(H,24,27)/t15-/m1/s1. The summed E-state index contributed by atoms with van der Waals surface area (Å²) >= 11 is 0. The number of phenols is 1. The molecule has 1 saturated heterocycles. The lowest BCUT2D eigenvalue weighted by atomic mass is 9.89. The number of amides is 2. The minimum Gasteiger partial charge on any atom is -0.508 e. The molecule has 0 bridgehead atoms. The number of piperidine rings is 1. The number of urea groups is 1.